The summed E-state index contributed by atoms with van der Waals surface area (Å²) in [6.07, 6.45) is 0.359. The molecule has 0 aliphatic carbocycles. The number of likely N-dealkylation sites (N-methyl/N-ethyl adjacent to an activating group) is 1. The van der Waals surface area contributed by atoms with Crippen LogP contribution in [0.2, 0.25) is 5.02 Å². The van der Waals surface area contributed by atoms with Crippen LogP contribution in [-0.4, -0.2) is 44.8 Å². The van der Waals surface area contributed by atoms with Crippen LogP contribution in [0.4, 0.5) is 5.69 Å². The van der Waals surface area contributed by atoms with Crippen molar-refractivity contribution in [3.05, 3.63) is 94.0 Å². The molecule has 0 fully saturated rings. The molecule has 1 N–H and O–H groups in total. The minimum Gasteiger partial charge on any atom is -0.357 e. The monoisotopic (exact) mass is 555 g/mol. The molecule has 0 radical (unpaired) electrons. The molecule has 0 unspecified atom stereocenters. The lowest BCUT2D eigenvalue weighted by Crippen LogP contribution is -2.51. The molecule has 0 saturated heterocycles. The highest BCUT2D eigenvalue weighted by Gasteiger charge is 2.34. The Morgan fingerprint density at radius 2 is 1.61 bits per heavy atom. The number of nitrogens with one attached hydrogen (secondary N) is 1. The second kappa shape index (κ2) is 12.5. The maximum absolute atomic E-state index is 14.0. The fourth-order valence-electron chi connectivity index (χ4n) is 4.31. The Labute approximate surface area is 230 Å². The summed E-state index contributed by atoms with van der Waals surface area (Å²) in [6, 6.07) is 18.3. The molecule has 3 rings (SSSR count). The molecule has 0 heterocycles. The molecule has 2 amide bonds. The molecule has 0 spiro atoms. The van der Waals surface area contributed by atoms with Crippen molar-refractivity contribution in [3.8, 4) is 0 Å². The number of hydrogen-bond donors (Lipinski definition) is 1. The zero-order valence-corrected chi connectivity index (χ0v) is 23.9. The van der Waals surface area contributed by atoms with Gasteiger partial charge in [0, 0.05) is 18.6 Å². The summed E-state index contributed by atoms with van der Waals surface area (Å²) in [5.74, 6) is -0.822. The van der Waals surface area contributed by atoms with Crippen molar-refractivity contribution in [1.29, 1.82) is 0 Å². The van der Waals surface area contributed by atoms with E-state index in [9.17, 15) is 18.0 Å². The summed E-state index contributed by atoms with van der Waals surface area (Å²) >= 11 is 6.36. The molecule has 0 aliphatic heterocycles. The van der Waals surface area contributed by atoms with Gasteiger partial charge in [0.15, 0.2) is 0 Å². The van der Waals surface area contributed by atoms with E-state index in [2.05, 4.69) is 5.32 Å². The Bertz CT molecular complexity index is 1410. The Hall–Kier alpha value is -3.36. The van der Waals surface area contributed by atoms with Gasteiger partial charge in [-0.05, 0) is 62.6 Å². The highest BCUT2D eigenvalue weighted by molar-refractivity contribution is 7.92. The quantitative estimate of drug-likeness (QED) is 0.381. The molecule has 3 aromatic rings. The molecule has 0 aromatic heterocycles. The van der Waals surface area contributed by atoms with Crippen LogP contribution in [-0.2, 0) is 26.2 Å². The fourth-order valence-corrected chi connectivity index (χ4v) is 5.95. The Kier molecular flexibility index (Phi) is 9.57. The van der Waals surface area contributed by atoms with Crippen LogP contribution < -0.4 is 9.62 Å². The summed E-state index contributed by atoms with van der Waals surface area (Å²) in [6.45, 7) is 6.99. The number of rotatable bonds is 10. The van der Waals surface area contributed by atoms with Gasteiger partial charge in [-0.1, -0.05) is 72.1 Å². The molecule has 3 aromatic carbocycles. The molecular weight excluding hydrogens is 522 g/mol. The lowest BCUT2D eigenvalue weighted by Gasteiger charge is -2.33. The first kappa shape index (κ1) is 29.2. The van der Waals surface area contributed by atoms with Gasteiger partial charge in [-0.3, -0.25) is 13.9 Å². The van der Waals surface area contributed by atoms with E-state index in [1.807, 2.05) is 45.0 Å². The first-order chi connectivity index (χ1) is 18.0. The number of sulfonamides is 1. The fraction of sp³-hybridized carbons (Fsp3) is 0.310. The van der Waals surface area contributed by atoms with Crippen molar-refractivity contribution in [1.82, 2.24) is 10.2 Å². The third kappa shape index (κ3) is 6.55. The van der Waals surface area contributed by atoms with Gasteiger partial charge in [-0.25, -0.2) is 8.42 Å². The van der Waals surface area contributed by atoms with Gasteiger partial charge >= 0.3 is 0 Å². The zero-order valence-electron chi connectivity index (χ0n) is 22.4. The summed E-state index contributed by atoms with van der Waals surface area (Å²) in [7, 11) is -2.63. The number of nitrogens with zero attached hydrogens (tertiary/aromatic N) is 2. The molecule has 38 heavy (non-hydrogen) atoms. The maximum atomic E-state index is 14.0. The zero-order chi connectivity index (χ0) is 28.0. The van der Waals surface area contributed by atoms with E-state index in [1.165, 1.54) is 24.1 Å². The van der Waals surface area contributed by atoms with E-state index >= 15 is 0 Å². The van der Waals surface area contributed by atoms with Crippen LogP contribution in [0.3, 0.4) is 0 Å². The van der Waals surface area contributed by atoms with E-state index in [4.69, 9.17) is 11.6 Å². The minimum atomic E-state index is -4.15. The van der Waals surface area contributed by atoms with Crippen molar-refractivity contribution >= 4 is 39.1 Å². The van der Waals surface area contributed by atoms with Crippen LogP contribution in [0.15, 0.2) is 71.6 Å². The van der Waals surface area contributed by atoms with Gasteiger partial charge in [0.25, 0.3) is 10.0 Å². The number of halogens is 1. The van der Waals surface area contributed by atoms with E-state index in [1.54, 1.807) is 37.3 Å². The third-order valence-corrected chi connectivity index (χ3v) is 8.65. The molecule has 0 bridgehead atoms. The van der Waals surface area contributed by atoms with Crippen molar-refractivity contribution in [3.63, 3.8) is 0 Å². The van der Waals surface area contributed by atoms with Gasteiger partial charge < -0.3 is 10.2 Å². The molecule has 0 aliphatic rings. The standard InChI is InChI=1S/C29H34ClN3O4S/c1-6-26(29(35)31-5)32(18-23-10-7-9-21(3)17-23)28(34)19-33(27-12-8-11-25(30)22(27)4)38(36,37)24-15-13-20(2)14-16-24/h7-17,26H,6,18-19H2,1-5H3,(H,31,35)/t26-/m1/s1. The highest BCUT2D eigenvalue weighted by atomic mass is 35.5. The SMILES string of the molecule is CC[C@H](C(=O)NC)N(Cc1cccc(C)c1)C(=O)CN(c1cccc(Cl)c1C)S(=O)(=O)c1ccc(C)cc1. The molecule has 7 nitrogen and oxygen atoms in total. The molecule has 202 valence electrons. The number of carbonyl (C=O) groups excluding carboxylic acids is 2. The van der Waals surface area contributed by atoms with Crippen molar-refractivity contribution < 1.29 is 18.0 Å². The van der Waals surface area contributed by atoms with E-state index in [0.717, 1.165) is 21.0 Å². The average Bonchev–Trinajstić information content (AvgIpc) is 2.89. The van der Waals surface area contributed by atoms with Gasteiger partial charge in [-0.2, -0.15) is 0 Å². The second-order valence-corrected chi connectivity index (χ2v) is 11.5. The lowest BCUT2D eigenvalue weighted by molar-refractivity contribution is -0.140. The summed E-state index contributed by atoms with van der Waals surface area (Å²) < 4.78 is 28.9. The topological polar surface area (TPSA) is 86.8 Å². The predicted octanol–water partition coefficient (Wildman–Crippen LogP) is 5.01. The van der Waals surface area contributed by atoms with Gasteiger partial charge in [0.2, 0.25) is 11.8 Å². The van der Waals surface area contributed by atoms with Crippen LogP contribution >= 0.6 is 11.6 Å². The first-order valence-corrected chi connectivity index (χ1v) is 14.2. The van der Waals surface area contributed by atoms with Crippen LogP contribution in [0.1, 0.15) is 35.6 Å². The van der Waals surface area contributed by atoms with Crippen LogP contribution in [0.5, 0.6) is 0 Å². The first-order valence-electron chi connectivity index (χ1n) is 12.4. The van der Waals surface area contributed by atoms with Crippen LogP contribution in [0.25, 0.3) is 0 Å². The largest absolute Gasteiger partial charge is 0.357 e. The summed E-state index contributed by atoms with van der Waals surface area (Å²) in [5.41, 5.74) is 3.59. The molecular formula is C29H34ClN3O4S. The summed E-state index contributed by atoms with van der Waals surface area (Å²) in [4.78, 5) is 28.3. The van der Waals surface area contributed by atoms with E-state index in [-0.39, 0.29) is 17.3 Å². The van der Waals surface area contributed by atoms with Crippen molar-refractivity contribution in [2.45, 2.75) is 51.6 Å². The van der Waals surface area contributed by atoms with Gasteiger partial charge in [-0.15, -0.1) is 0 Å². The number of benzene rings is 3. The van der Waals surface area contributed by atoms with Crippen molar-refractivity contribution in [2.24, 2.45) is 0 Å². The Balaban J connectivity index is 2.11. The number of anilines is 1. The van der Waals surface area contributed by atoms with E-state index < -0.39 is 28.5 Å². The van der Waals surface area contributed by atoms with E-state index in [0.29, 0.717) is 22.7 Å². The number of carbonyl (C=O) groups is 2. The maximum Gasteiger partial charge on any atom is 0.264 e. The molecule has 1 atom stereocenters. The molecule has 0 saturated carbocycles. The molecule has 9 heteroatoms. The number of hydrogen-bond acceptors (Lipinski definition) is 4. The van der Waals surface area contributed by atoms with Gasteiger partial charge in [0.05, 0.1) is 10.6 Å². The number of aryl methyl sites for hydroxylation is 2. The Morgan fingerprint density at radius 1 is 0.947 bits per heavy atom. The third-order valence-electron chi connectivity index (χ3n) is 6.46. The normalized spacial score (nSPS) is 12.1. The van der Waals surface area contributed by atoms with Crippen LogP contribution in [0, 0.1) is 20.8 Å². The predicted molar refractivity (Wildman–Crippen MR) is 152 cm³/mol. The smallest absolute Gasteiger partial charge is 0.264 e. The second-order valence-electron chi connectivity index (χ2n) is 9.26. The minimum absolute atomic E-state index is 0.0545. The Morgan fingerprint density at radius 3 is 2.21 bits per heavy atom. The average molecular weight is 556 g/mol. The van der Waals surface area contributed by atoms with Crippen molar-refractivity contribution in [2.75, 3.05) is 17.9 Å². The highest BCUT2D eigenvalue weighted by Crippen LogP contribution is 2.31. The summed E-state index contributed by atoms with van der Waals surface area (Å²) in [5, 5.41) is 3.01. The number of amides is 2. The van der Waals surface area contributed by atoms with Gasteiger partial charge in [0.1, 0.15) is 12.6 Å². The lowest BCUT2D eigenvalue weighted by atomic mass is 10.1.